The third-order valence-electron chi connectivity index (χ3n) is 1.53. The topological polar surface area (TPSA) is 0 Å². The van der Waals surface area contributed by atoms with Crippen LogP contribution in [0.3, 0.4) is 0 Å². The molecule has 0 saturated heterocycles. The Hall–Kier alpha value is -1.04. The zero-order valence-electron chi connectivity index (χ0n) is 6.88. The first-order valence-electron chi connectivity index (χ1n) is 4.03. The lowest BCUT2D eigenvalue weighted by atomic mass is 10.1. The van der Waals surface area contributed by atoms with Gasteiger partial charge in [-0.25, -0.2) is 0 Å². The molecular weight excluding hydrogens is 132 g/mol. The molecule has 0 spiro atoms. The summed E-state index contributed by atoms with van der Waals surface area (Å²) in [5.74, 6) is 0. The predicted octanol–water partition coefficient (Wildman–Crippen LogP) is 3.00. The second-order valence-electron chi connectivity index (χ2n) is 2.50. The van der Waals surface area contributed by atoms with Crippen molar-refractivity contribution >= 4 is 0 Å². The second-order valence-corrected chi connectivity index (χ2v) is 2.50. The van der Waals surface area contributed by atoms with Gasteiger partial charge in [-0.2, -0.15) is 0 Å². The number of benzene rings is 1. The molecule has 0 aliphatic carbocycles. The van der Waals surface area contributed by atoms with E-state index >= 15 is 0 Å². The van der Waals surface area contributed by atoms with E-state index in [0.717, 1.165) is 12.8 Å². The van der Waals surface area contributed by atoms with E-state index < -0.39 is 0 Å². The smallest absolute Gasteiger partial charge is 0.00972 e. The van der Waals surface area contributed by atoms with E-state index in [4.69, 9.17) is 0 Å². The second kappa shape index (κ2) is 4.73. The maximum Gasteiger partial charge on any atom is -0.00972 e. The molecule has 0 heterocycles. The highest BCUT2D eigenvalue weighted by atomic mass is 13.9. The van der Waals surface area contributed by atoms with Crippen molar-refractivity contribution in [1.29, 1.82) is 0 Å². The summed E-state index contributed by atoms with van der Waals surface area (Å²) in [6.45, 7) is 2.15. The summed E-state index contributed by atoms with van der Waals surface area (Å²) in [5.41, 5.74) is 1.33. The van der Waals surface area contributed by atoms with Crippen molar-refractivity contribution in [3.63, 3.8) is 0 Å². The van der Waals surface area contributed by atoms with Crippen molar-refractivity contribution in [2.75, 3.05) is 0 Å². The van der Waals surface area contributed by atoms with Gasteiger partial charge in [0.05, 0.1) is 0 Å². The fraction of sp³-hybridized carbons (Fsp3) is 0.273. The summed E-state index contributed by atoms with van der Waals surface area (Å²) >= 11 is 0. The Morgan fingerprint density at radius 1 is 1.45 bits per heavy atom. The van der Waals surface area contributed by atoms with Crippen LogP contribution in [0.1, 0.15) is 18.9 Å². The monoisotopic (exact) mass is 145 g/mol. The SMILES string of the molecule is CCC=CCc1c[c]ccc1. The first-order valence-corrected chi connectivity index (χ1v) is 4.03. The molecule has 0 unspecified atom stereocenters. The Morgan fingerprint density at radius 3 is 3.00 bits per heavy atom. The van der Waals surface area contributed by atoms with Crippen molar-refractivity contribution in [3.05, 3.63) is 48.0 Å². The molecule has 0 bridgehead atoms. The lowest BCUT2D eigenvalue weighted by Crippen LogP contribution is -1.77. The van der Waals surface area contributed by atoms with E-state index in [9.17, 15) is 0 Å². The van der Waals surface area contributed by atoms with Crippen molar-refractivity contribution < 1.29 is 0 Å². The van der Waals surface area contributed by atoms with Crippen molar-refractivity contribution in [3.8, 4) is 0 Å². The molecule has 0 aliphatic rings. The van der Waals surface area contributed by atoms with E-state index in [-0.39, 0.29) is 0 Å². The van der Waals surface area contributed by atoms with Gasteiger partial charge in [-0.05, 0) is 24.5 Å². The van der Waals surface area contributed by atoms with Crippen LogP contribution in [0.25, 0.3) is 0 Å². The summed E-state index contributed by atoms with van der Waals surface area (Å²) in [6, 6.07) is 11.1. The Bertz CT molecular complexity index is 209. The number of hydrogen-bond donors (Lipinski definition) is 0. The minimum atomic E-state index is 1.03. The number of hydrogen-bond acceptors (Lipinski definition) is 0. The van der Waals surface area contributed by atoms with Crippen LogP contribution in [0.15, 0.2) is 36.4 Å². The van der Waals surface area contributed by atoms with Crippen LogP contribution in [0.2, 0.25) is 0 Å². The number of rotatable bonds is 3. The van der Waals surface area contributed by atoms with Gasteiger partial charge >= 0.3 is 0 Å². The molecule has 0 amide bonds. The molecule has 0 N–H and O–H groups in total. The van der Waals surface area contributed by atoms with Gasteiger partial charge in [-0.3, -0.25) is 0 Å². The minimum Gasteiger partial charge on any atom is -0.0885 e. The highest BCUT2D eigenvalue weighted by molar-refractivity contribution is 5.16. The molecule has 0 saturated carbocycles. The largest absolute Gasteiger partial charge is 0.0885 e. The molecular formula is C11H13. The van der Waals surface area contributed by atoms with Crippen LogP contribution >= 0.6 is 0 Å². The molecule has 0 aromatic heterocycles. The first-order chi connectivity index (χ1) is 5.43. The Labute approximate surface area is 68.6 Å². The van der Waals surface area contributed by atoms with Gasteiger partial charge in [0.1, 0.15) is 0 Å². The molecule has 0 atom stereocenters. The standard InChI is InChI=1S/C11H13/c1-2-3-5-8-11-9-6-4-7-10-11/h3-6,9-10H,2,8H2,1H3. The molecule has 57 valence electrons. The van der Waals surface area contributed by atoms with Crippen LogP contribution in [0, 0.1) is 6.07 Å². The van der Waals surface area contributed by atoms with Crippen molar-refractivity contribution in [2.45, 2.75) is 19.8 Å². The Kier molecular flexibility index (Phi) is 3.46. The van der Waals surface area contributed by atoms with Crippen LogP contribution in [-0.4, -0.2) is 0 Å². The van der Waals surface area contributed by atoms with E-state index in [0.29, 0.717) is 0 Å². The molecule has 0 nitrogen and oxygen atoms in total. The summed E-state index contributed by atoms with van der Waals surface area (Å²) in [7, 11) is 0. The average Bonchev–Trinajstić information content (AvgIpc) is 2.07. The Morgan fingerprint density at radius 2 is 2.36 bits per heavy atom. The highest BCUT2D eigenvalue weighted by Gasteiger charge is 1.84. The lowest BCUT2D eigenvalue weighted by Gasteiger charge is -1.92. The van der Waals surface area contributed by atoms with Gasteiger partial charge in [0.2, 0.25) is 0 Å². The summed E-state index contributed by atoms with van der Waals surface area (Å²) in [5, 5.41) is 0. The minimum absolute atomic E-state index is 1.03. The van der Waals surface area contributed by atoms with Gasteiger partial charge < -0.3 is 0 Å². The number of allylic oxidation sites excluding steroid dienone is 2. The van der Waals surface area contributed by atoms with Gasteiger partial charge in [-0.15, -0.1) is 0 Å². The van der Waals surface area contributed by atoms with Crippen LogP contribution in [0.4, 0.5) is 0 Å². The van der Waals surface area contributed by atoms with E-state index in [1.54, 1.807) is 0 Å². The van der Waals surface area contributed by atoms with Crippen LogP contribution in [-0.2, 0) is 6.42 Å². The van der Waals surface area contributed by atoms with Crippen molar-refractivity contribution in [2.24, 2.45) is 0 Å². The fourth-order valence-corrected chi connectivity index (χ4v) is 0.944. The van der Waals surface area contributed by atoms with Crippen molar-refractivity contribution in [1.82, 2.24) is 0 Å². The lowest BCUT2D eigenvalue weighted by molar-refractivity contribution is 1.18. The molecule has 1 radical (unpaired) electrons. The maximum atomic E-state index is 3.05. The van der Waals surface area contributed by atoms with E-state index in [1.165, 1.54) is 5.56 Å². The fourth-order valence-electron chi connectivity index (χ4n) is 0.944. The van der Waals surface area contributed by atoms with Crippen LogP contribution < -0.4 is 0 Å². The zero-order valence-corrected chi connectivity index (χ0v) is 6.88. The average molecular weight is 145 g/mol. The van der Waals surface area contributed by atoms with Gasteiger partial charge in [0.15, 0.2) is 0 Å². The van der Waals surface area contributed by atoms with Gasteiger partial charge in [0.25, 0.3) is 0 Å². The molecule has 0 aliphatic heterocycles. The zero-order chi connectivity index (χ0) is 7.94. The summed E-state index contributed by atoms with van der Waals surface area (Å²) in [6.07, 6.45) is 6.54. The molecule has 0 fully saturated rings. The molecule has 0 heteroatoms. The predicted molar refractivity (Wildman–Crippen MR) is 48.4 cm³/mol. The Balaban J connectivity index is 2.45. The van der Waals surface area contributed by atoms with Crippen LogP contribution in [0.5, 0.6) is 0 Å². The molecule has 1 rings (SSSR count). The van der Waals surface area contributed by atoms with E-state index in [1.807, 2.05) is 18.2 Å². The molecule has 11 heavy (non-hydrogen) atoms. The molecule has 1 aromatic rings. The van der Waals surface area contributed by atoms with E-state index in [2.05, 4.69) is 31.2 Å². The maximum absolute atomic E-state index is 3.05. The third-order valence-corrected chi connectivity index (χ3v) is 1.53. The third kappa shape index (κ3) is 3.03. The summed E-state index contributed by atoms with van der Waals surface area (Å²) in [4.78, 5) is 0. The highest BCUT2D eigenvalue weighted by Crippen LogP contribution is 1.99. The van der Waals surface area contributed by atoms with Gasteiger partial charge in [-0.1, -0.05) is 43.3 Å². The molecule has 1 aromatic carbocycles. The normalized spacial score (nSPS) is 10.6. The first kappa shape index (κ1) is 8.06. The summed E-state index contributed by atoms with van der Waals surface area (Å²) < 4.78 is 0. The van der Waals surface area contributed by atoms with Gasteiger partial charge in [0, 0.05) is 0 Å². The quantitative estimate of drug-likeness (QED) is 0.573.